The van der Waals surface area contributed by atoms with Crippen molar-refractivity contribution in [2.75, 3.05) is 14.1 Å². The van der Waals surface area contributed by atoms with Crippen molar-refractivity contribution in [3.63, 3.8) is 0 Å². The molecule has 5 aromatic rings. The molecule has 0 N–H and O–H groups in total. The van der Waals surface area contributed by atoms with Crippen LogP contribution in [0.1, 0.15) is 123 Å². The third-order valence-electron chi connectivity index (χ3n) is 7.04. The summed E-state index contributed by atoms with van der Waals surface area (Å²) in [5.41, 5.74) is 2.01. The summed E-state index contributed by atoms with van der Waals surface area (Å²) in [5, 5.41) is 6.60. The summed E-state index contributed by atoms with van der Waals surface area (Å²) < 4.78 is 0. The van der Waals surface area contributed by atoms with Gasteiger partial charge in [-0.25, -0.2) is 0 Å². The Morgan fingerprint density at radius 2 is 0.545 bits per heavy atom. The molecular formula is C38H46N2O4. The van der Waals surface area contributed by atoms with E-state index < -0.39 is 0 Å². The quantitative estimate of drug-likeness (QED) is 0.102. The van der Waals surface area contributed by atoms with Gasteiger partial charge in [-0.2, -0.15) is 0 Å². The lowest BCUT2D eigenvalue weighted by Crippen LogP contribution is -2.37. The zero-order valence-corrected chi connectivity index (χ0v) is 28.0. The van der Waals surface area contributed by atoms with Crippen molar-refractivity contribution < 1.29 is 19.2 Å². The molecule has 0 radical (unpaired) electrons. The molecule has 0 unspecified atom stereocenters. The highest BCUT2D eigenvalue weighted by Gasteiger charge is 2.34. The van der Waals surface area contributed by atoms with E-state index >= 15 is 0 Å². The Hall–Kier alpha value is -4.32. The van der Waals surface area contributed by atoms with Gasteiger partial charge < -0.3 is 0 Å². The Balaban J connectivity index is 0.000000387. The van der Waals surface area contributed by atoms with Crippen LogP contribution in [0.15, 0.2) is 48.5 Å². The summed E-state index contributed by atoms with van der Waals surface area (Å²) in [6.07, 6.45) is 5.00. The monoisotopic (exact) mass is 594 g/mol. The minimum absolute atomic E-state index is 0.318. The summed E-state index contributed by atoms with van der Waals surface area (Å²) in [7, 11) is 2.99. The van der Waals surface area contributed by atoms with Gasteiger partial charge in [-0.15, -0.1) is 0 Å². The van der Waals surface area contributed by atoms with Gasteiger partial charge in [0.25, 0.3) is 23.6 Å². The molecule has 4 amide bonds. The first-order valence-corrected chi connectivity index (χ1v) is 15.9. The molecule has 2 heterocycles. The molecule has 0 fully saturated rings. The lowest BCUT2D eigenvalue weighted by Gasteiger charge is -2.27. The lowest BCUT2D eigenvalue weighted by molar-refractivity contribution is 0.0635. The smallest absolute Gasteiger partial charge is 0.261 e. The highest BCUT2D eigenvalue weighted by Crippen LogP contribution is 2.45. The molecule has 44 heavy (non-hydrogen) atoms. The fraction of sp³-hybridized carbons (Fsp3) is 0.368. The van der Waals surface area contributed by atoms with E-state index in [1.54, 1.807) is 24.3 Å². The predicted molar refractivity (Wildman–Crippen MR) is 184 cm³/mol. The highest BCUT2D eigenvalue weighted by molar-refractivity contribution is 6.41. The van der Waals surface area contributed by atoms with Gasteiger partial charge >= 0.3 is 0 Å². The molecule has 0 bridgehead atoms. The van der Waals surface area contributed by atoms with E-state index in [1.165, 1.54) is 39.8 Å². The van der Waals surface area contributed by atoms with Crippen LogP contribution < -0.4 is 0 Å². The first-order valence-electron chi connectivity index (χ1n) is 15.9. The van der Waals surface area contributed by atoms with Crippen LogP contribution in [-0.4, -0.2) is 47.5 Å². The van der Waals surface area contributed by atoms with Gasteiger partial charge in [0.2, 0.25) is 0 Å². The second-order valence-electron chi connectivity index (χ2n) is 11.3. The molecule has 0 spiro atoms. The molecule has 6 nitrogen and oxygen atoms in total. The standard InChI is InChI=1S/C26H14N2O4.4C3H8/c1-27-23(29)15-7-3-11-13-5-9-17-22-18(26(32)28(2)25(17)31)10-6-14(20(13)22)12-4-8-16(24(27)30)21(15)19(11)12;4*1-3-2/h3-10H,1-2H3;4*3H2,1-2H3. The van der Waals surface area contributed by atoms with Gasteiger partial charge in [-0.3, -0.25) is 29.0 Å². The average Bonchev–Trinajstić information content (AvgIpc) is 3.01. The second kappa shape index (κ2) is 14.4. The molecule has 0 aliphatic carbocycles. The van der Waals surface area contributed by atoms with E-state index in [9.17, 15) is 19.2 Å². The molecule has 232 valence electrons. The molecule has 0 saturated heterocycles. The number of hydrogen-bond acceptors (Lipinski definition) is 4. The van der Waals surface area contributed by atoms with Crippen molar-refractivity contribution in [1.82, 2.24) is 9.80 Å². The fourth-order valence-corrected chi connectivity index (χ4v) is 5.51. The summed E-state index contributed by atoms with van der Waals surface area (Å²) in [5.74, 6) is -1.27. The number of carbonyl (C=O) groups excluding carboxylic acids is 4. The zero-order chi connectivity index (χ0) is 32.9. The minimum atomic E-state index is -0.318. The van der Waals surface area contributed by atoms with Crippen molar-refractivity contribution >= 4 is 66.7 Å². The van der Waals surface area contributed by atoms with Crippen LogP contribution in [0.3, 0.4) is 0 Å². The maximum Gasteiger partial charge on any atom is 0.261 e. The van der Waals surface area contributed by atoms with Crippen LogP contribution in [-0.2, 0) is 0 Å². The van der Waals surface area contributed by atoms with Gasteiger partial charge in [0.1, 0.15) is 0 Å². The van der Waals surface area contributed by atoms with E-state index in [4.69, 9.17) is 0 Å². The molecule has 0 aromatic heterocycles. The molecule has 5 aromatic carbocycles. The van der Waals surface area contributed by atoms with Crippen LogP contribution in [0, 0.1) is 0 Å². The predicted octanol–water partition coefficient (Wildman–Crippen LogP) is 9.85. The van der Waals surface area contributed by atoms with Crippen molar-refractivity contribution in [3.05, 3.63) is 70.8 Å². The third kappa shape index (κ3) is 5.54. The van der Waals surface area contributed by atoms with Crippen LogP contribution in [0.4, 0.5) is 0 Å². The van der Waals surface area contributed by atoms with Gasteiger partial charge in [-0.1, -0.05) is 105 Å². The number of fused-ring (bicyclic) bond motifs is 2. The van der Waals surface area contributed by atoms with Crippen molar-refractivity contribution in [2.45, 2.75) is 81.1 Å². The maximum atomic E-state index is 12.8. The Morgan fingerprint density at radius 3 is 0.727 bits per heavy atom. The van der Waals surface area contributed by atoms with E-state index in [-0.39, 0.29) is 23.6 Å². The first-order chi connectivity index (χ1) is 21.1. The van der Waals surface area contributed by atoms with E-state index in [1.807, 2.05) is 24.3 Å². The third-order valence-corrected chi connectivity index (χ3v) is 7.04. The Kier molecular flexibility index (Phi) is 11.2. The van der Waals surface area contributed by atoms with Gasteiger partial charge in [0.05, 0.1) is 0 Å². The molecule has 0 saturated carbocycles. The molecule has 7 rings (SSSR count). The SMILES string of the molecule is CCC.CCC.CCC.CCC.CN1C(=O)c2ccc3c4ccc5c6c(ccc(c7ccc(c2c37)C1=O)c64)C(=O)N(C)C5=O. The lowest BCUT2D eigenvalue weighted by atomic mass is 9.82. The van der Waals surface area contributed by atoms with Gasteiger partial charge in [0, 0.05) is 47.1 Å². The number of rotatable bonds is 0. The largest absolute Gasteiger partial charge is 0.277 e. The number of carbonyl (C=O) groups is 4. The van der Waals surface area contributed by atoms with E-state index in [0.29, 0.717) is 33.0 Å². The van der Waals surface area contributed by atoms with Gasteiger partial charge in [-0.05, 0) is 56.6 Å². The van der Waals surface area contributed by atoms with E-state index in [0.717, 1.165) is 42.1 Å². The number of nitrogens with zero attached hydrogens (tertiary/aromatic N) is 2. The van der Waals surface area contributed by atoms with E-state index in [2.05, 4.69) is 55.4 Å². The molecule has 6 heteroatoms. The molecule has 2 aliphatic rings. The van der Waals surface area contributed by atoms with Crippen LogP contribution in [0.2, 0.25) is 0 Å². The molecule has 0 atom stereocenters. The number of imide groups is 2. The molecule has 2 aliphatic heterocycles. The zero-order valence-electron chi connectivity index (χ0n) is 28.0. The highest BCUT2D eigenvalue weighted by atomic mass is 16.2. The summed E-state index contributed by atoms with van der Waals surface area (Å²) in [6.45, 7) is 17.0. The summed E-state index contributed by atoms with van der Waals surface area (Å²) in [4.78, 5) is 53.7. The minimum Gasteiger partial charge on any atom is -0.277 e. The van der Waals surface area contributed by atoms with Crippen LogP contribution in [0.5, 0.6) is 0 Å². The van der Waals surface area contributed by atoms with Crippen molar-refractivity contribution in [3.8, 4) is 0 Å². The topological polar surface area (TPSA) is 74.8 Å². The second-order valence-corrected chi connectivity index (χ2v) is 11.3. The molecular weight excluding hydrogens is 548 g/mol. The maximum absolute atomic E-state index is 12.8. The number of hydrogen-bond donors (Lipinski definition) is 0. The Bertz CT molecular complexity index is 1590. The van der Waals surface area contributed by atoms with Gasteiger partial charge in [0.15, 0.2) is 0 Å². The van der Waals surface area contributed by atoms with Crippen molar-refractivity contribution in [2.24, 2.45) is 0 Å². The Labute approximate surface area is 261 Å². The van der Waals surface area contributed by atoms with Crippen molar-refractivity contribution in [1.29, 1.82) is 0 Å². The normalized spacial score (nSPS) is 13.2. The number of amides is 4. The fourth-order valence-electron chi connectivity index (χ4n) is 5.51. The average molecular weight is 595 g/mol. The summed E-state index contributed by atoms with van der Waals surface area (Å²) >= 11 is 0. The first kappa shape index (κ1) is 34.2. The number of benzene rings is 5. The van der Waals surface area contributed by atoms with Crippen LogP contribution in [0.25, 0.3) is 43.1 Å². The Morgan fingerprint density at radius 1 is 0.364 bits per heavy atom. The van der Waals surface area contributed by atoms with Crippen LogP contribution >= 0.6 is 0 Å². The summed E-state index contributed by atoms with van der Waals surface area (Å²) in [6, 6.07) is 14.7.